The number of benzene rings is 5. The first-order chi connectivity index (χ1) is 16.6. The van der Waals surface area contributed by atoms with Crippen LogP contribution in [0.15, 0.2) is 66.7 Å². The van der Waals surface area contributed by atoms with Crippen molar-refractivity contribution in [3.8, 4) is 0 Å². The van der Waals surface area contributed by atoms with Gasteiger partial charge in [0, 0.05) is 11.1 Å². The van der Waals surface area contributed by atoms with Gasteiger partial charge >= 0.3 is 0 Å². The normalized spacial score (nSPS) is 13.1. The summed E-state index contributed by atoms with van der Waals surface area (Å²) in [4.78, 5) is 0. The Bertz CT molecular complexity index is 1540. The smallest absolute Gasteiger partial charge is 0.165 e. The van der Waals surface area contributed by atoms with E-state index in [4.69, 9.17) is 0 Å². The van der Waals surface area contributed by atoms with Crippen LogP contribution in [0, 0.1) is 23.3 Å². The molecule has 5 rings (SSSR count). The third-order valence-electron chi connectivity index (χ3n) is 6.89. The molecule has 1 atom stereocenters. The van der Waals surface area contributed by atoms with Crippen LogP contribution in [0.5, 0.6) is 0 Å². The Morgan fingerprint density at radius 1 is 0.600 bits per heavy atom. The van der Waals surface area contributed by atoms with Gasteiger partial charge in [-0.2, -0.15) is 0 Å². The van der Waals surface area contributed by atoms with Gasteiger partial charge in [0.2, 0.25) is 0 Å². The summed E-state index contributed by atoms with van der Waals surface area (Å²) in [6, 6.07) is 22.3. The van der Waals surface area contributed by atoms with Gasteiger partial charge in [-0.05, 0) is 55.6 Å². The summed E-state index contributed by atoms with van der Waals surface area (Å²) in [7, 11) is 0. The molecule has 1 unspecified atom stereocenters. The maximum atomic E-state index is 15.0. The van der Waals surface area contributed by atoms with Gasteiger partial charge in [0.1, 0.15) is 0 Å². The molecular weight excluding hydrogens is 448 g/mol. The third-order valence-corrected chi connectivity index (χ3v) is 6.89. The summed E-state index contributed by atoms with van der Waals surface area (Å²) in [5, 5.41) is 6.61. The number of hydrogen-bond acceptors (Lipinski definition) is 0. The average molecular weight is 475 g/mol. The Balaban J connectivity index is 1.63. The van der Waals surface area contributed by atoms with Gasteiger partial charge in [-0.15, -0.1) is 0 Å². The van der Waals surface area contributed by atoms with Crippen LogP contribution < -0.4 is 0 Å². The third kappa shape index (κ3) is 3.76. The molecule has 0 saturated heterocycles. The molecule has 0 fully saturated rings. The predicted molar refractivity (Wildman–Crippen MR) is 136 cm³/mol. The molecule has 0 N–H and O–H groups in total. The van der Waals surface area contributed by atoms with Gasteiger partial charge < -0.3 is 0 Å². The maximum Gasteiger partial charge on any atom is 0.165 e. The maximum absolute atomic E-state index is 15.0. The standard InChI is InChI=1S/C31H26F4/c1-17(25-27(32)29(34)26(31(2,3)4)30(35)28(25)33)15-18-13-14-23-21-11-6-5-9-19(21)20-10-7-8-12-22(20)24(23)16-18/h5-14,16-17H,15H2,1-4H3. The quantitative estimate of drug-likeness (QED) is 0.139. The lowest BCUT2D eigenvalue weighted by Crippen LogP contribution is -2.21. The number of hydrogen-bond donors (Lipinski definition) is 0. The fraction of sp³-hybridized carbons (Fsp3) is 0.226. The Labute approximate surface area is 202 Å². The highest BCUT2D eigenvalue weighted by Crippen LogP contribution is 2.38. The van der Waals surface area contributed by atoms with E-state index in [9.17, 15) is 8.78 Å². The van der Waals surface area contributed by atoms with E-state index in [-0.39, 0.29) is 6.42 Å². The van der Waals surface area contributed by atoms with Crippen molar-refractivity contribution >= 4 is 32.3 Å². The molecule has 0 spiro atoms. The molecule has 35 heavy (non-hydrogen) atoms. The molecule has 0 aliphatic rings. The summed E-state index contributed by atoms with van der Waals surface area (Å²) in [6.45, 7) is 6.18. The first kappa shape index (κ1) is 23.3. The van der Waals surface area contributed by atoms with Gasteiger partial charge in [0.15, 0.2) is 23.3 Å². The lowest BCUT2D eigenvalue weighted by Gasteiger charge is -2.24. The van der Waals surface area contributed by atoms with Crippen LogP contribution in [-0.2, 0) is 11.8 Å². The monoisotopic (exact) mass is 474 g/mol. The molecule has 0 amide bonds. The molecule has 5 aromatic carbocycles. The van der Waals surface area contributed by atoms with Gasteiger partial charge in [-0.1, -0.05) is 94.4 Å². The van der Waals surface area contributed by atoms with Crippen molar-refractivity contribution in [2.75, 3.05) is 0 Å². The van der Waals surface area contributed by atoms with Crippen molar-refractivity contribution < 1.29 is 17.6 Å². The van der Waals surface area contributed by atoms with E-state index in [0.717, 1.165) is 37.9 Å². The van der Waals surface area contributed by atoms with Crippen molar-refractivity contribution in [1.82, 2.24) is 0 Å². The van der Waals surface area contributed by atoms with E-state index in [0.29, 0.717) is 0 Å². The minimum absolute atomic E-state index is 0.235. The summed E-state index contributed by atoms with van der Waals surface area (Å²) in [5.74, 6) is -6.00. The van der Waals surface area contributed by atoms with E-state index in [2.05, 4.69) is 24.3 Å². The van der Waals surface area contributed by atoms with Crippen molar-refractivity contribution in [3.63, 3.8) is 0 Å². The van der Waals surface area contributed by atoms with Crippen LogP contribution in [0.1, 0.15) is 50.3 Å². The zero-order valence-corrected chi connectivity index (χ0v) is 20.1. The molecule has 0 aromatic heterocycles. The molecule has 0 bridgehead atoms. The highest BCUT2D eigenvalue weighted by molar-refractivity contribution is 6.25. The van der Waals surface area contributed by atoms with Crippen molar-refractivity contribution in [2.45, 2.75) is 45.4 Å². The van der Waals surface area contributed by atoms with E-state index < -0.39 is 45.7 Å². The first-order valence-corrected chi connectivity index (χ1v) is 11.8. The summed E-state index contributed by atoms with van der Waals surface area (Å²) in [5.41, 5.74) is -1.34. The molecule has 4 heteroatoms. The van der Waals surface area contributed by atoms with Crippen LogP contribution in [0.2, 0.25) is 0 Å². The lowest BCUT2D eigenvalue weighted by molar-refractivity contribution is 0.388. The van der Waals surface area contributed by atoms with Gasteiger partial charge in [-0.25, -0.2) is 17.6 Å². The zero-order chi connectivity index (χ0) is 25.1. The summed E-state index contributed by atoms with van der Waals surface area (Å²) < 4.78 is 59.8. The van der Waals surface area contributed by atoms with Crippen molar-refractivity contribution in [1.29, 1.82) is 0 Å². The SMILES string of the molecule is CC(Cc1ccc2c3ccccc3c3ccccc3c2c1)c1c(F)c(F)c(C(C)(C)C)c(F)c1F. The molecule has 178 valence electrons. The van der Waals surface area contributed by atoms with Crippen molar-refractivity contribution in [3.05, 3.63) is 107 Å². The van der Waals surface area contributed by atoms with Crippen LogP contribution in [0.3, 0.4) is 0 Å². The Hall–Kier alpha value is -3.40. The van der Waals surface area contributed by atoms with E-state index in [1.165, 1.54) is 20.8 Å². The Kier molecular flexibility index (Phi) is 5.58. The number of halogens is 4. The molecule has 0 heterocycles. The van der Waals surface area contributed by atoms with Gasteiger partial charge in [-0.3, -0.25) is 0 Å². The molecule has 0 aliphatic carbocycles. The lowest BCUT2D eigenvalue weighted by atomic mass is 9.83. The van der Waals surface area contributed by atoms with Crippen molar-refractivity contribution in [2.24, 2.45) is 0 Å². The fourth-order valence-corrected chi connectivity index (χ4v) is 5.28. The summed E-state index contributed by atoms with van der Waals surface area (Å²) in [6.07, 6.45) is 0.235. The van der Waals surface area contributed by atoms with Gasteiger partial charge in [0.25, 0.3) is 0 Å². The molecular formula is C31H26F4. The Morgan fingerprint density at radius 3 is 1.49 bits per heavy atom. The van der Waals surface area contributed by atoms with Gasteiger partial charge in [0.05, 0.1) is 0 Å². The number of fused-ring (bicyclic) bond motifs is 6. The van der Waals surface area contributed by atoms with Crippen LogP contribution in [0.25, 0.3) is 32.3 Å². The second kappa shape index (κ2) is 8.37. The summed E-state index contributed by atoms with van der Waals surface area (Å²) >= 11 is 0. The number of rotatable bonds is 3. The van der Waals surface area contributed by atoms with Crippen LogP contribution in [-0.4, -0.2) is 0 Å². The largest absolute Gasteiger partial charge is 0.203 e. The Morgan fingerprint density at radius 2 is 1.03 bits per heavy atom. The topological polar surface area (TPSA) is 0 Å². The highest BCUT2D eigenvalue weighted by Gasteiger charge is 2.33. The van der Waals surface area contributed by atoms with Crippen LogP contribution >= 0.6 is 0 Å². The van der Waals surface area contributed by atoms with E-state index in [1.807, 2.05) is 42.5 Å². The predicted octanol–water partition coefficient (Wildman–Crippen LogP) is 9.35. The van der Waals surface area contributed by atoms with E-state index in [1.54, 1.807) is 6.92 Å². The molecule has 0 radical (unpaired) electrons. The van der Waals surface area contributed by atoms with Crippen LogP contribution in [0.4, 0.5) is 17.6 Å². The minimum Gasteiger partial charge on any atom is -0.203 e. The first-order valence-electron chi connectivity index (χ1n) is 11.8. The molecule has 0 aliphatic heterocycles. The zero-order valence-electron chi connectivity index (χ0n) is 20.1. The second-order valence-corrected chi connectivity index (χ2v) is 10.4. The molecule has 0 saturated carbocycles. The molecule has 0 nitrogen and oxygen atoms in total. The van der Waals surface area contributed by atoms with E-state index >= 15 is 8.78 Å². The molecule has 5 aromatic rings. The second-order valence-electron chi connectivity index (χ2n) is 10.4. The minimum atomic E-state index is -1.31. The highest BCUT2D eigenvalue weighted by atomic mass is 19.2. The average Bonchev–Trinajstić information content (AvgIpc) is 2.82. The fourth-order valence-electron chi connectivity index (χ4n) is 5.28.